The van der Waals surface area contributed by atoms with Crippen molar-refractivity contribution in [1.82, 2.24) is 0 Å². The average Bonchev–Trinajstić information content (AvgIpc) is 3.07. The SMILES string of the molecule is C=C/C(=C\C)OCc1ccc(CCC(CC(C)c2cccc(OCCC[Si](C)(C)C)c2)c2cccc(OCCCSOO[O-])c2)cc1.[Li+]. The number of hydrogen-bond acceptors (Lipinski definition) is 7. The molecule has 0 saturated carbocycles. The van der Waals surface area contributed by atoms with E-state index in [4.69, 9.17) is 14.2 Å². The van der Waals surface area contributed by atoms with Crippen LogP contribution >= 0.6 is 12.0 Å². The standard InChI is InChI=1S/C39H54O6SSi.Li/c1-7-37(8-2)43-30-33-19-17-32(18-20-33)21-22-36(35-14-10-16-39(29-35)41-23-11-25-46-45-44-40)27-31(3)34-13-9-15-38(28-34)42-24-12-26-47(4,5)6;/h7-10,13-20,28-29,31,36,40H,1,11-12,21-27,30H2,2-6H3;/q;+1/p-1/b37-8+;. The summed E-state index contributed by atoms with van der Waals surface area (Å²) in [6.07, 6.45) is 8.48. The van der Waals surface area contributed by atoms with Crippen molar-refractivity contribution >= 4 is 20.1 Å². The molecule has 0 aliphatic heterocycles. The van der Waals surface area contributed by atoms with E-state index in [1.165, 1.54) is 22.7 Å². The largest absolute Gasteiger partial charge is 1.00 e. The summed E-state index contributed by atoms with van der Waals surface area (Å²) in [4.78, 5) is 0. The molecule has 2 unspecified atom stereocenters. The van der Waals surface area contributed by atoms with Gasteiger partial charge in [-0.2, -0.15) is 4.33 Å². The number of hydrogen-bond donors (Lipinski definition) is 0. The summed E-state index contributed by atoms with van der Waals surface area (Å²) in [5, 5.41) is 13.4. The van der Waals surface area contributed by atoms with Gasteiger partial charge in [0.2, 0.25) is 0 Å². The molecule has 0 heterocycles. The molecule has 3 aromatic rings. The Balaban J connectivity index is 0.00000800. The van der Waals surface area contributed by atoms with Gasteiger partial charge in [0, 0.05) is 25.9 Å². The van der Waals surface area contributed by atoms with Crippen LogP contribution in [-0.2, 0) is 27.1 Å². The van der Waals surface area contributed by atoms with Crippen LogP contribution in [0.5, 0.6) is 11.5 Å². The molecule has 3 rings (SSSR count). The monoisotopic (exact) mass is 684 g/mol. The zero-order valence-corrected chi connectivity index (χ0v) is 31.7. The van der Waals surface area contributed by atoms with Gasteiger partial charge < -0.3 is 19.5 Å². The molecule has 0 N–H and O–H groups in total. The average molecular weight is 685 g/mol. The third-order valence-electron chi connectivity index (χ3n) is 8.15. The van der Waals surface area contributed by atoms with Gasteiger partial charge in [-0.15, -0.1) is 0 Å². The molecule has 0 amide bonds. The Morgan fingerprint density at radius 2 is 1.52 bits per heavy atom. The van der Waals surface area contributed by atoms with E-state index >= 15 is 0 Å². The van der Waals surface area contributed by atoms with Crippen molar-refractivity contribution in [2.75, 3.05) is 19.0 Å². The summed E-state index contributed by atoms with van der Waals surface area (Å²) in [5.74, 6) is 3.89. The van der Waals surface area contributed by atoms with Gasteiger partial charge in [0.1, 0.15) is 23.9 Å². The van der Waals surface area contributed by atoms with Crippen molar-refractivity contribution in [3.8, 4) is 11.5 Å². The van der Waals surface area contributed by atoms with Crippen LogP contribution in [0.15, 0.2) is 97.3 Å². The third-order valence-corrected chi connectivity index (χ3v) is 10.6. The molecule has 0 saturated heterocycles. The van der Waals surface area contributed by atoms with Crippen LogP contribution < -0.4 is 33.6 Å². The molecule has 0 aromatic heterocycles. The molecule has 0 fully saturated rings. The van der Waals surface area contributed by atoms with Crippen molar-refractivity contribution in [2.45, 2.75) is 90.1 Å². The first kappa shape index (κ1) is 41.8. The second-order valence-electron chi connectivity index (χ2n) is 13.2. The molecule has 0 bridgehead atoms. The van der Waals surface area contributed by atoms with Gasteiger partial charge in [0.05, 0.1) is 13.2 Å². The molecule has 0 radical (unpaired) electrons. The van der Waals surface area contributed by atoms with Crippen molar-refractivity contribution in [3.63, 3.8) is 0 Å². The van der Waals surface area contributed by atoms with Crippen LogP contribution in [0.2, 0.25) is 25.7 Å². The van der Waals surface area contributed by atoms with Crippen LogP contribution in [0.25, 0.3) is 0 Å². The van der Waals surface area contributed by atoms with Gasteiger partial charge in [0.15, 0.2) is 0 Å². The van der Waals surface area contributed by atoms with Crippen LogP contribution in [0.1, 0.15) is 73.6 Å². The third kappa shape index (κ3) is 16.3. The van der Waals surface area contributed by atoms with E-state index in [0.29, 0.717) is 30.8 Å². The van der Waals surface area contributed by atoms with E-state index in [2.05, 4.69) is 109 Å². The summed E-state index contributed by atoms with van der Waals surface area (Å²) in [5.41, 5.74) is 5.03. The van der Waals surface area contributed by atoms with Gasteiger partial charge in [-0.3, -0.25) is 5.04 Å². The normalized spacial score (nSPS) is 12.9. The summed E-state index contributed by atoms with van der Waals surface area (Å²) < 4.78 is 22.4. The topological polar surface area (TPSA) is 69.2 Å². The van der Waals surface area contributed by atoms with Gasteiger partial charge in [-0.05, 0) is 110 Å². The Bertz CT molecular complexity index is 1360. The maximum absolute atomic E-state index is 9.99. The Labute approximate surface area is 306 Å². The predicted molar refractivity (Wildman–Crippen MR) is 195 cm³/mol. The quantitative estimate of drug-likeness (QED) is 0.0204. The number of ether oxygens (including phenoxy) is 3. The molecule has 0 aliphatic carbocycles. The maximum atomic E-state index is 9.99. The molecule has 9 heteroatoms. The molecular formula is C39H53LiO6SSi. The Kier molecular flexibility index (Phi) is 20.1. The van der Waals surface area contributed by atoms with E-state index < -0.39 is 8.07 Å². The van der Waals surface area contributed by atoms with Crippen molar-refractivity contribution in [2.24, 2.45) is 0 Å². The van der Waals surface area contributed by atoms with E-state index in [0.717, 1.165) is 73.6 Å². The molecule has 0 spiro atoms. The first-order valence-electron chi connectivity index (χ1n) is 16.7. The second-order valence-corrected chi connectivity index (χ2v) is 19.6. The van der Waals surface area contributed by atoms with Crippen molar-refractivity contribution in [3.05, 3.63) is 120 Å². The first-order valence-corrected chi connectivity index (χ1v) is 21.4. The first-order chi connectivity index (χ1) is 22.7. The summed E-state index contributed by atoms with van der Waals surface area (Å²) in [7, 11) is -1.06. The number of aryl methyl sites for hydroxylation is 1. The molecule has 2 atom stereocenters. The van der Waals surface area contributed by atoms with Gasteiger partial charge in [-0.25, -0.2) is 0 Å². The molecule has 256 valence electrons. The Morgan fingerprint density at radius 1 is 0.896 bits per heavy atom. The fourth-order valence-corrected chi connectivity index (χ4v) is 7.02. The molecule has 0 aliphatic rings. The molecule has 6 nitrogen and oxygen atoms in total. The van der Waals surface area contributed by atoms with Crippen LogP contribution in [0.3, 0.4) is 0 Å². The minimum Gasteiger partial charge on any atom is -0.691 e. The zero-order chi connectivity index (χ0) is 33.9. The van der Waals surface area contributed by atoms with Gasteiger partial charge >= 0.3 is 18.9 Å². The second kappa shape index (κ2) is 23.1. The Hall–Kier alpha value is -2.42. The van der Waals surface area contributed by atoms with Gasteiger partial charge in [-0.1, -0.05) is 87.7 Å². The molecule has 48 heavy (non-hydrogen) atoms. The molecule has 3 aromatic carbocycles. The van der Waals surface area contributed by atoms with Crippen molar-refractivity contribution < 1.29 is 47.7 Å². The number of benzene rings is 3. The minimum atomic E-state index is -1.06. The minimum absolute atomic E-state index is 0. The summed E-state index contributed by atoms with van der Waals surface area (Å²) >= 11 is 0.984. The molecular weight excluding hydrogens is 632 g/mol. The van der Waals surface area contributed by atoms with Crippen LogP contribution in [0.4, 0.5) is 0 Å². The van der Waals surface area contributed by atoms with E-state index in [1.807, 2.05) is 19.1 Å². The number of rotatable bonds is 23. The Morgan fingerprint density at radius 3 is 2.15 bits per heavy atom. The fourth-order valence-electron chi connectivity index (χ4n) is 5.48. The van der Waals surface area contributed by atoms with Gasteiger partial charge in [0.25, 0.3) is 0 Å². The zero-order valence-electron chi connectivity index (χ0n) is 29.9. The van der Waals surface area contributed by atoms with E-state index in [1.54, 1.807) is 6.08 Å². The maximum Gasteiger partial charge on any atom is 1.00 e. The van der Waals surface area contributed by atoms with E-state index in [9.17, 15) is 5.26 Å². The van der Waals surface area contributed by atoms with Crippen LogP contribution in [-0.4, -0.2) is 27.0 Å². The van der Waals surface area contributed by atoms with E-state index in [-0.39, 0.29) is 18.9 Å². The smallest absolute Gasteiger partial charge is 0.691 e. The van der Waals surface area contributed by atoms with Crippen LogP contribution in [0, 0.1) is 0 Å². The fraction of sp³-hybridized carbons (Fsp3) is 0.436. The summed E-state index contributed by atoms with van der Waals surface area (Å²) in [6.45, 7) is 17.1. The van der Waals surface area contributed by atoms with Crippen molar-refractivity contribution in [1.29, 1.82) is 0 Å². The predicted octanol–water partition coefficient (Wildman–Crippen LogP) is 6.95. The summed E-state index contributed by atoms with van der Waals surface area (Å²) in [6, 6.07) is 27.1. The number of allylic oxidation sites excluding steroid dienone is 2.